The number of thiophene rings is 1. The van der Waals surface area contributed by atoms with Crippen molar-refractivity contribution in [2.75, 3.05) is 11.5 Å². The summed E-state index contributed by atoms with van der Waals surface area (Å²) in [6.45, 7) is 4.09. The minimum absolute atomic E-state index is 0.0106. The monoisotopic (exact) mass is 301 g/mol. The molecule has 0 atom stereocenters. The van der Waals surface area contributed by atoms with E-state index in [0.717, 1.165) is 16.9 Å². The summed E-state index contributed by atoms with van der Waals surface area (Å²) < 4.78 is 22.7. The van der Waals surface area contributed by atoms with Crippen LogP contribution in [0.15, 0.2) is 6.07 Å². The molecular formula is C13H19NO3S2. The number of hydrogen-bond acceptors (Lipinski definition) is 4. The molecule has 0 bridgehead atoms. The van der Waals surface area contributed by atoms with Crippen LogP contribution in [-0.4, -0.2) is 31.9 Å². The first-order chi connectivity index (χ1) is 8.91. The third-order valence-corrected chi connectivity index (χ3v) is 6.55. The predicted molar refractivity (Wildman–Crippen MR) is 77.6 cm³/mol. The van der Waals surface area contributed by atoms with Gasteiger partial charge in [0.1, 0.15) is 9.84 Å². The highest BCUT2D eigenvalue weighted by atomic mass is 32.2. The Morgan fingerprint density at radius 2 is 2.05 bits per heavy atom. The molecule has 4 nitrogen and oxygen atoms in total. The van der Waals surface area contributed by atoms with Gasteiger partial charge < -0.3 is 5.32 Å². The van der Waals surface area contributed by atoms with Crippen molar-refractivity contribution >= 4 is 27.1 Å². The Kier molecular flexibility index (Phi) is 4.30. The summed E-state index contributed by atoms with van der Waals surface area (Å²) in [7, 11) is -2.87. The molecule has 1 aromatic heterocycles. The number of nitrogens with one attached hydrogen (secondary N) is 1. The van der Waals surface area contributed by atoms with E-state index < -0.39 is 9.84 Å². The van der Waals surface area contributed by atoms with Crippen molar-refractivity contribution in [3.63, 3.8) is 0 Å². The summed E-state index contributed by atoms with van der Waals surface area (Å²) in [5.41, 5.74) is 1.16. The highest BCUT2D eigenvalue weighted by molar-refractivity contribution is 7.91. The minimum atomic E-state index is -2.87. The maximum Gasteiger partial charge on any atom is 0.261 e. The molecule has 2 rings (SSSR count). The molecular weight excluding hydrogens is 282 g/mol. The lowest BCUT2D eigenvalue weighted by Gasteiger charge is -2.22. The van der Waals surface area contributed by atoms with Gasteiger partial charge in [-0.1, -0.05) is 6.92 Å². The molecule has 0 radical (unpaired) electrons. The molecule has 1 saturated heterocycles. The zero-order valence-electron chi connectivity index (χ0n) is 11.2. The maximum atomic E-state index is 12.1. The topological polar surface area (TPSA) is 63.2 Å². The van der Waals surface area contributed by atoms with E-state index in [1.807, 2.05) is 13.0 Å². The Hall–Kier alpha value is -0.880. The molecule has 106 valence electrons. The number of rotatable bonds is 3. The number of sulfone groups is 1. The summed E-state index contributed by atoms with van der Waals surface area (Å²) in [6, 6.07) is 1.90. The van der Waals surface area contributed by atoms with Crippen molar-refractivity contribution in [1.82, 2.24) is 5.32 Å². The van der Waals surface area contributed by atoms with Crippen LogP contribution in [0.5, 0.6) is 0 Å². The Bertz CT molecular complexity index is 561. The molecule has 0 aliphatic carbocycles. The summed E-state index contributed by atoms with van der Waals surface area (Å²) in [6.07, 6.45) is 1.99. The second-order valence-electron chi connectivity index (χ2n) is 4.97. The first kappa shape index (κ1) is 14.5. The maximum absolute atomic E-state index is 12.1. The summed E-state index contributed by atoms with van der Waals surface area (Å²) in [4.78, 5) is 14.1. The Morgan fingerprint density at radius 3 is 2.58 bits per heavy atom. The van der Waals surface area contributed by atoms with E-state index in [1.54, 1.807) is 0 Å². The van der Waals surface area contributed by atoms with Gasteiger partial charge in [0.05, 0.1) is 16.4 Å². The van der Waals surface area contributed by atoms with Gasteiger partial charge in [-0.05, 0) is 37.8 Å². The first-order valence-corrected chi connectivity index (χ1v) is 9.15. The van der Waals surface area contributed by atoms with E-state index in [-0.39, 0.29) is 23.5 Å². The van der Waals surface area contributed by atoms with Gasteiger partial charge in [0.25, 0.3) is 5.91 Å². The van der Waals surface area contributed by atoms with Gasteiger partial charge in [-0.3, -0.25) is 4.79 Å². The number of aryl methyl sites for hydroxylation is 2. The Labute approximate surface area is 118 Å². The van der Waals surface area contributed by atoms with Gasteiger partial charge in [-0.15, -0.1) is 11.3 Å². The third-order valence-electron chi connectivity index (χ3n) is 3.46. The van der Waals surface area contributed by atoms with Gasteiger partial charge in [0, 0.05) is 10.9 Å². The molecule has 0 saturated carbocycles. The normalized spacial score (nSPS) is 19.3. The van der Waals surface area contributed by atoms with Crippen molar-refractivity contribution in [3.8, 4) is 0 Å². The zero-order chi connectivity index (χ0) is 14.0. The van der Waals surface area contributed by atoms with E-state index in [9.17, 15) is 13.2 Å². The molecule has 1 aliphatic rings. The molecule has 2 heterocycles. The molecule has 1 aromatic rings. The van der Waals surface area contributed by atoms with Gasteiger partial charge in [0.15, 0.2) is 0 Å². The Balaban J connectivity index is 1.98. The number of amides is 1. The van der Waals surface area contributed by atoms with Gasteiger partial charge in [-0.25, -0.2) is 8.42 Å². The van der Waals surface area contributed by atoms with Crippen molar-refractivity contribution in [3.05, 3.63) is 21.4 Å². The molecule has 1 N–H and O–H groups in total. The predicted octanol–water partition coefficient (Wildman–Crippen LogP) is 1.93. The van der Waals surface area contributed by atoms with Crippen LogP contribution < -0.4 is 5.32 Å². The van der Waals surface area contributed by atoms with Crippen LogP contribution in [0.3, 0.4) is 0 Å². The van der Waals surface area contributed by atoms with Crippen LogP contribution in [0.25, 0.3) is 0 Å². The lowest BCUT2D eigenvalue weighted by molar-refractivity contribution is 0.0938. The fourth-order valence-corrected chi connectivity index (χ4v) is 4.78. The molecule has 19 heavy (non-hydrogen) atoms. The minimum Gasteiger partial charge on any atom is -0.349 e. The lowest BCUT2D eigenvalue weighted by Crippen LogP contribution is -2.40. The average molecular weight is 301 g/mol. The second kappa shape index (κ2) is 5.63. The average Bonchev–Trinajstić information content (AvgIpc) is 2.73. The zero-order valence-corrected chi connectivity index (χ0v) is 12.9. The first-order valence-electron chi connectivity index (χ1n) is 6.52. The van der Waals surface area contributed by atoms with Crippen LogP contribution in [0, 0.1) is 6.92 Å². The SMILES string of the molecule is CCc1sc(C(=O)NC2CCS(=O)(=O)CC2)cc1C. The highest BCUT2D eigenvalue weighted by Crippen LogP contribution is 2.23. The van der Waals surface area contributed by atoms with Gasteiger partial charge >= 0.3 is 0 Å². The molecule has 1 amide bonds. The smallest absolute Gasteiger partial charge is 0.261 e. The second-order valence-corrected chi connectivity index (χ2v) is 8.41. The van der Waals surface area contributed by atoms with Crippen LogP contribution >= 0.6 is 11.3 Å². The van der Waals surface area contributed by atoms with Crippen molar-refractivity contribution < 1.29 is 13.2 Å². The third kappa shape index (κ3) is 3.57. The van der Waals surface area contributed by atoms with Gasteiger partial charge in [0.2, 0.25) is 0 Å². The van der Waals surface area contributed by atoms with E-state index in [1.165, 1.54) is 16.2 Å². The summed E-state index contributed by atoms with van der Waals surface area (Å²) >= 11 is 1.53. The summed E-state index contributed by atoms with van der Waals surface area (Å²) in [5, 5.41) is 2.94. The van der Waals surface area contributed by atoms with E-state index in [2.05, 4.69) is 12.2 Å². The van der Waals surface area contributed by atoms with Crippen LogP contribution in [0.1, 0.15) is 39.9 Å². The standard InChI is InChI=1S/C13H19NO3S2/c1-3-11-9(2)8-12(18-11)13(15)14-10-4-6-19(16,17)7-5-10/h8,10H,3-7H2,1-2H3,(H,14,15). The van der Waals surface area contributed by atoms with Gasteiger partial charge in [-0.2, -0.15) is 0 Å². The molecule has 0 spiro atoms. The number of hydrogen-bond donors (Lipinski definition) is 1. The number of carbonyl (C=O) groups excluding carboxylic acids is 1. The van der Waals surface area contributed by atoms with Crippen molar-refractivity contribution in [1.29, 1.82) is 0 Å². The molecule has 0 unspecified atom stereocenters. The fourth-order valence-electron chi connectivity index (χ4n) is 2.27. The van der Waals surface area contributed by atoms with Crippen LogP contribution in [0.4, 0.5) is 0 Å². The van der Waals surface area contributed by atoms with Crippen LogP contribution in [0.2, 0.25) is 0 Å². The quantitative estimate of drug-likeness (QED) is 0.928. The number of carbonyl (C=O) groups is 1. The van der Waals surface area contributed by atoms with E-state index >= 15 is 0 Å². The molecule has 6 heteroatoms. The van der Waals surface area contributed by atoms with E-state index in [4.69, 9.17) is 0 Å². The van der Waals surface area contributed by atoms with Crippen molar-refractivity contribution in [2.24, 2.45) is 0 Å². The Morgan fingerprint density at radius 1 is 1.42 bits per heavy atom. The highest BCUT2D eigenvalue weighted by Gasteiger charge is 2.25. The molecule has 1 fully saturated rings. The summed E-state index contributed by atoms with van der Waals surface area (Å²) in [5.74, 6) is 0.292. The largest absolute Gasteiger partial charge is 0.349 e. The van der Waals surface area contributed by atoms with E-state index in [0.29, 0.717) is 12.8 Å². The molecule has 1 aliphatic heterocycles. The molecule has 0 aromatic carbocycles. The van der Waals surface area contributed by atoms with Crippen molar-refractivity contribution in [2.45, 2.75) is 39.2 Å². The lowest BCUT2D eigenvalue weighted by atomic mass is 10.1. The van der Waals surface area contributed by atoms with Crippen LogP contribution in [-0.2, 0) is 16.3 Å². The fraction of sp³-hybridized carbons (Fsp3) is 0.615.